The molecule has 0 fully saturated rings. The Kier molecular flexibility index (Phi) is 4.40. The van der Waals surface area contributed by atoms with Gasteiger partial charge in [0.05, 0.1) is 17.3 Å². The van der Waals surface area contributed by atoms with Crippen molar-refractivity contribution in [3.05, 3.63) is 63.9 Å². The summed E-state index contributed by atoms with van der Waals surface area (Å²) in [6, 6.07) is 7.44. The predicted octanol–water partition coefficient (Wildman–Crippen LogP) is 4.62. The molecule has 1 aromatic carbocycles. The highest BCUT2D eigenvalue weighted by Gasteiger charge is 2.32. The van der Waals surface area contributed by atoms with E-state index >= 15 is 0 Å². The van der Waals surface area contributed by atoms with Gasteiger partial charge in [-0.15, -0.1) is 0 Å². The smallest absolute Gasteiger partial charge is 0.401 e. The third kappa shape index (κ3) is 3.81. The van der Waals surface area contributed by atoms with Crippen LogP contribution in [0.5, 0.6) is 0 Å². The monoisotopic (exact) mass is 310 g/mol. The van der Waals surface area contributed by atoms with E-state index in [1.165, 1.54) is 42.5 Å². The molecule has 0 unspecified atom stereocenters. The zero-order valence-corrected chi connectivity index (χ0v) is 10.9. The molecule has 0 N–H and O–H groups in total. The molecule has 0 atom stereocenters. The van der Waals surface area contributed by atoms with Crippen LogP contribution < -0.4 is 0 Å². The summed E-state index contributed by atoms with van der Waals surface area (Å²) in [5.41, 5.74) is -1.06. The van der Waals surface area contributed by atoms with Crippen molar-refractivity contribution < 1.29 is 22.5 Å². The van der Waals surface area contributed by atoms with Gasteiger partial charge in [-0.3, -0.25) is 15.1 Å². The predicted molar refractivity (Wildman–Crippen MR) is 74.0 cm³/mol. The van der Waals surface area contributed by atoms with Crippen LogP contribution in [0.4, 0.5) is 24.7 Å². The van der Waals surface area contributed by atoms with E-state index in [0.29, 0.717) is 0 Å². The van der Waals surface area contributed by atoms with Crippen LogP contribution in [0.25, 0.3) is 6.08 Å². The number of halogens is 3. The van der Waals surface area contributed by atoms with Crippen LogP contribution in [0.1, 0.15) is 11.3 Å². The summed E-state index contributed by atoms with van der Waals surface area (Å²) in [7, 11) is 0. The van der Waals surface area contributed by atoms with E-state index in [0.717, 1.165) is 12.3 Å². The summed E-state index contributed by atoms with van der Waals surface area (Å²) in [4.78, 5) is 13.4. The van der Waals surface area contributed by atoms with Crippen LogP contribution >= 0.6 is 0 Å². The number of benzene rings is 1. The SMILES string of the molecule is O=[N+]([O-])c1ccc(C=CC=Nc2ccccc2C(F)(F)F)o1. The fourth-order valence-electron chi connectivity index (χ4n) is 1.62. The molecule has 0 aliphatic rings. The second-order valence-electron chi connectivity index (χ2n) is 4.09. The molecule has 0 saturated heterocycles. The average Bonchev–Trinajstić information content (AvgIpc) is 2.92. The van der Waals surface area contributed by atoms with Crippen molar-refractivity contribution in [3.63, 3.8) is 0 Å². The van der Waals surface area contributed by atoms with Gasteiger partial charge in [0.1, 0.15) is 10.7 Å². The Balaban J connectivity index is 2.12. The quantitative estimate of drug-likeness (QED) is 0.470. The van der Waals surface area contributed by atoms with Gasteiger partial charge in [-0.25, -0.2) is 0 Å². The van der Waals surface area contributed by atoms with E-state index < -0.39 is 22.5 Å². The van der Waals surface area contributed by atoms with E-state index in [1.54, 1.807) is 0 Å². The lowest BCUT2D eigenvalue weighted by Crippen LogP contribution is -2.04. The lowest BCUT2D eigenvalue weighted by atomic mass is 10.2. The number of alkyl halides is 3. The minimum atomic E-state index is -4.49. The molecule has 8 heteroatoms. The van der Waals surface area contributed by atoms with Crippen molar-refractivity contribution in [2.24, 2.45) is 4.99 Å². The third-order valence-corrected chi connectivity index (χ3v) is 2.56. The summed E-state index contributed by atoms with van der Waals surface area (Å²) < 4.78 is 43.0. The first-order valence-corrected chi connectivity index (χ1v) is 5.99. The summed E-state index contributed by atoms with van der Waals surface area (Å²) in [5.74, 6) is -0.221. The maximum Gasteiger partial charge on any atom is 0.433 e. The number of aliphatic imine (C=N–C) groups is 1. The molecular weight excluding hydrogens is 301 g/mol. The van der Waals surface area contributed by atoms with Crippen LogP contribution in [-0.2, 0) is 6.18 Å². The first kappa shape index (κ1) is 15.5. The van der Waals surface area contributed by atoms with Crippen molar-refractivity contribution in [2.45, 2.75) is 6.18 Å². The number of nitrogens with zero attached hydrogens (tertiary/aromatic N) is 2. The Hall–Kier alpha value is -2.90. The minimum Gasteiger partial charge on any atom is -0.401 e. The van der Waals surface area contributed by atoms with Crippen molar-refractivity contribution in [3.8, 4) is 0 Å². The number of hydrogen-bond acceptors (Lipinski definition) is 4. The maximum absolute atomic E-state index is 12.7. The van der Waals surface area contributed by atoms with Gasteiger partial charge in [0.2, 0.25) is 0 Å². The molecule has 0 spiro atoms. The molecule has 2 rings (SSSR count). The fourth-order valence-corrected chi connectivity index (χ4v) is 1.62. The van der Waals surface area contributed by atoms with Gasteiger partial charge in [-0.1, -0.05) is 12.1 Å². The summed E-state index contributed by atoms with van der Waals surface area (Å²) in [6.07, 6.45) is -0.652. The molecule has 0 saturated carbocycles. The number of nitro groups is 1. The fraction of sp³-hybridized carbons (Fsp3) is 0.0714. The molecule has 0 aliphatic carbocycles. The third-order valence-electron chi connectivity index (χ3n) is 2.56. The highest BCUT2D eigenvalue weighted by atomic mass is 19.4. The number of hydrogen-bond donors (Lipinski definition) is 0. The molecule has 114 valence electrons. The Morgan fingerprint density at radius 1 is 1.18 bits per heavy atom. The zero-order valence-electron chi connectivity index (χ0n) is 10.9. The average molecular weight is 310 g/mol. The van der Waals surface area contributed by atoms with Crippen LogP contribution in [0.2, 0.25) is 0 Å². The van der Waals surface area contributed by atoms with Gasteiger partial charge in [0.15, 0.2) is 0 Å². The van der Waals surface area contributed by atoms with E-state index in [-0.39, 0.29) is 11.4 Å². The molecule has 1 aromatic heterocycles. The summed E-state index contributed by atoms with van der Waals surface area (Å²) >= 11 is 0. The Bertz CT molecular complexity index is 733. The first-order valence-electron chi connectivity index (χ1n) is 5.99. The minimum absolute atomic E-state index is 0.197. The second-order valence-corrected chi connectivity index (χ2v) is 4.09. The molecule has 1 heterocycles. The maximum atomic E-state index is 12.7. The van der Waals surface area contributed by atoms with Crippen LogP contribution in [0.3, 0.4) is 0 Å². The second kappa shape index (κ2) is 6.25. The standard InChI is InChI=1S/C14H9F3N2O3/c15-14(16,17)11-5-1-2-6-12(11)18-9-3-4-10-7-8-13(22-10)19(20)21/h1-9H. The van der Waals surface area contributed by atoms with E-state index in [1.807, 2.05) is 0 Å². The Morgan fingerprint density at radius 3 is 2.55 bits per heavy atom. The Morgan fingerprint density at radius 2 is 1.91 bits per heavy atom. The molecular formula is C14H9F3N2O3. The molecule has 22 heavy (non-hydrogen) atoms. The number of allylic oxidation sites excluding steroid dienone is 1. The lowest BCUT2D eigenvalue weighted by molar-refractivity contribution is -0.402. The van der Waals surface area contributed by atoms with Crippen LogP contribution in [-0.4, -0.2) is 11.1 Å². The van der Waals surface area contributed by atoms with Crippen LogP contribution in [0.15, 0.2) is 51.9 Å². The zero-order chi connectivity index (χ0) is 16.2. The van der Waals surface area contributed by atoms with Crippen molar-refractivity contribution in [1.29, 1.82) is 0 Å². The molecule has 2 aromatic rings. The molecule has 0 bridgehead atoms. The lowest BCUT2D eigenvalue weighted by Gasteiger charge is -2.08. The van der Waals surface area contributed by atoms with Crippen molar-refractivity contribution in [2.75, 3.05) is 0 Å². The largest absolute Gasteiger partial charge is 0.433 e. The number of furan rings is 1. The Labute approximate surface area is 122 Å². The van der Waals surface area contributed by atoms with Gasteiger partial charge < -0.3 is 4.42 Å². The highest BCUT2D eigenvalue weighted by Crippen LogP contribution is 2.35. The summed E-state index contributed by atoms with van der Waals surface area (Å²) in [6.45, 7) is 0. The molecule has 0 radical (unpaired) electrons. The normalized spacial score (nSPS) is 12.3. The molecule has 0 amide bonds. The van der Waals surface area contributed by atoms with Crippen LogP contribution in [0, 0.1) is 10.1 Å². The topological polar surface area (TPSA) is 68.6 Å². The first-order chi connectivity index (χ1) is 10.4. The highest BCUT2D eigenvalue weighted by molar-refractivity contribution is 5.80. The van der Waals surface area contributed by atoms with E-state index in [4.69, 9.17) is 4.42 Å². The number of rotatable bonds is 4. The van der Waals surface area contributed by atoms with E-state index in [2.05, 4.69) is 4.99 Å². The summed E-state index contributed by atoms with van der Waals surface area (Å²) in [5, 5.41) is 10.4. The van der Waals surface area contributed by atoms with Gasteiger partial charge in [0, 0.05) is 6.21 Å². The van der Waals surface area contributed by atoms with Crippen molar-refractivity contribution >= 4 is 23.9 Å². The molecule has 5 nitrogen and oxygen atoms in total. The van der Waals surface area contributed by atoms with E-state index in [9.17, 15) is 23.3 Å². The van der Waals surface area contributed by atoms with Gasteiger partial charge in [-0.05, 0) is 30.4 Å². The van der Waals surface area contributed by atoms with Gasteiger partial charge in [-0.2, -0.15) is 13.2 Å². The van der Waals surface area contributed by atoms with Gasteiger partial charge in [0.25, 0.3) is 0 Å². The van der Waals surface area contributed by atoms with Gasteiger partial charge >= 0.3 is 12.1 Å². The molecule has 0 aliphatic heterocycles. The van der Waals surface area contributed by atoms with Crippen molar-refractivity contribution in [1.82, 2.24) is 0 Å². The number of para-hydroxylation sites is 1.